The summed E-state index contributed by atoms with van der Waals surface area (Å²) in [5.74, 6) is 0. The van der Waals surface area contributed by atoms with E-state index in [0.717, 1.165) is 19.3 Å². The SMILES string of the molecule is CC/C=C\C/C=C\C/C=C\COC(=O)OCC. The molecule has 0 bridgehead atoms. The van der Waals surface area contributed by atoms with E-state index in [4.69, 9.17) is 4.74 Å². The summed E-state index contributed by atoms with van der Waals surface area (Å²) in [7, 11) is 0. The fourth-order valence-electron chi connectivity index (χ4n) is 1.05. The maximum absolute atomic E-state index is 10.8. The Morgan fingerprint density at radius 3 is 2.06 bits per heavy atom. The number of rotatable bonds is 8. The third-order valence-electron chi connectivity index (χ3n) is 1.84. The van der Waals surface area contributed by atoms with Crippen LogP contribution in [0, 0.1) is 0 Å². The summed E-state index contributed by atoms with van der Waals surface area (Å²) in [4.78, 5) is 10.8. The molecular weight excluding hydrogens is 216 g/mol. The fraction of sp³-hybridized carbons (Fsp3) is 0.500. The third-order valence-corrected chi connectivity index (χ3v) is 1.84. The molecule has 0 saturated heterocycles. The lowest BCUT2D eigenvalue weighted by molar-refractivity contribution is 0.0673. The van der Waals surface area contributed by atoms with Crippen LogP contribution in [0.5, 0.6) is 0 Å². The maximum atomic E-state index is 10.8. The van der Waals surface area contributed by atoms with E-state index in [-0.39, 0.29) is 6.61 Å². The molecule has 0 heterocycles. The molecule has 17 heavy (non-hydrogen) atoms. The van der Waals surface area contributed by atoms with Crippen LogP contribution in [-0.2, 0) is 9.47 Å². The summed E-state index contributed by atoms with van der Waals surface area (Å²) in [5.41, 5.74) is 0. The summed E-state index contributed by atoms with van der Waals surface area (Å²) in [6.45, 7) is 4.47. The molecule has 0 aliphatic heterocycles. The molecule has 0 fully saturated rings. The van der Waals surface area contributed by atoms with Gasteiger partial charge in [-0.3, -0.25) is 0 Å². The highest BCUT2D eigenvalue weighted by molar-refractivity contribution is 5.59. The minimum absolute atomic E-state index is 0.266. The molecule has 0 aromatic rings. The Kier molecular flexibility index (Phi) is 11.4. The fourth-order valence-corrected chi connectivity index (χ4v) is 1.05. The Morgan fingerprint density at radius 2 is 1.47 bits per heavy atom. The van der Waals surface area contributed by atoms with Crippen LogP contribution in [0.15, 0.2) is 36.5 Å². The summed E-state index contributed by atoms with van der Waals surface area (Å²) < 4.78 is 9.37. The maximum Gasteiger partial charge on any atom is 0.508 e. The van der Waals surface area contributed by atoms with Gasteiger partial charge in [0.05, 0.1) is 6.61 Å². The van der Waals surface area contributed by atoms with Crippen molar-refractivity contribution < 1.29 is 14.3 Å². The van der Waals surface area contributed by atoms with Gasteiger partial charge in [0.25, 0.3) is 0 Å². The zero-order chi connectivity index (χ0) is 12.8. The summed E-state index contributed by atoms with van der Waals surface area (Å²) in [6, 6.07) is 0. The Balaban J connectivity index is 3.42. The zero-order valence-electron chi connectivity index (χ0n) is 10.7. The Bertz CT molecular complexity index is 265. The van der Waals surface area contributed by atoms with E-state index in [1.807, 2.05) is 12.2 Å². The number of ether oxygens (including phenoxy) is 2. The molecule has 0 amide bonds. The quantitative estimate of drug-likeness (QED) is 0.473. The summed E-state index contributed by atoms with van der Waals surface area (Å²) in [5, 5.41) is 0. The van der Waals surface area contributed by atoms with Crippen LogP contribution in [0.2, 0.25) is 0 Å². The molecule has 0 aliphatic rings. The van der Waals surface area contributed by atoms with Crippen LogP contribution in [0.3, 0.4) is 0 Å². The normalized spacial score (nSPS) is 11.6. The lowest BCUT2D eigenvalue weighted by atomic mass is 10.3. The molecule has 0 saturated carbocycles. The van der Waals surface area contributed by atoms with Crippen LogP contribution < -0.4 is 0 Å². The molecule has 96 valence electrons. The van der Waals surface area contributed by atoms with Crippen LogP contribution >= 0.6 is 0 Å². The average molecular weight is 238 g/mol. The van der Waals surface area contributed by atoms with Gasteiger partial charge in [-0.05, 0) is 26.2 Å². The summed E-state index contributed by atoms with van der Waals surface area (Å²) in [6.07, 6.45) is 14.5. The lowest BCUT2D eigenvalue weighted by Gasteiger charge is -1.99. The van der Waals surface area contributed by atoms with Crippen molar-refractivity contribution in [2.75, 3.05) is 13.2 Å². The van der Waals surface area contributed by atoms with Crippen LogP contribution in [-0.4, -0.2) is 19.4 Å². The van der Waals surface area contributed by atoms with E-state index >= 15 is 0 Å². The van der Waals surface area contributed by atoms with Crippen molar-refractivity contribution in [2.24, 2.45) is 0 Å². The van der Waals surface area contributed by atoms with Crippen molar-refractivity contribution in [3.05, 3.63) is 36.5 Å². The van der Waals surface area contributed by atoms with Crippen molar-refractivity contribution in [1.82, 2.24) is 0 Å². The van der Waals surface area contributed by atoms with E-state index in [9.17, 15) is 4.79 Å². The largest absolute Gasteiger partial charge is 0.508 e. The van der Waals surface area contributed by atoms with Crippen molar-refractivity contribution in [3.8, 4) is 0 Å². The zero-order valence-corrected chi connectivity index (χ0v) is 10.7. The second-order valence-electron chi connectivity index (χ2n) is 3.29. The summed E-state index contributed by atoms with van der Waals surface area (Å²) >= 11 is 0. The molecule has 0 spiro atoms. The molecule has 0 unspecified atom stereocenters. The minimum Gasteiger partial charge on any atom is -0.435 e. The monoisotopic (exact) mass is 238 g/mol. The molecule has 0 rings (SSSR count). The molecule has 0 N–H and O–H groups in total. The van der Waals surface area contributed by atoms with Crippen molar-refractivity contribution in [2.45, 2.75) is 33.1 Å². The first-order valence-electron chi connectivity index (χ1n) is 6.05. The van der Waals surface area contributed by atoms with Gasteiger partial charge in [0.2, 0.25) is 0 Å². The van der Waals surface area contributed by atoms with E-state index in [0.29, 0.717) is 6.61 Å². The van der Waals surface area contributed by atoms with Gasteiger partial charge in [0.1, 0.15) is 6.61 Å². The topological polar surface area (TPSA) is 35.5 Å². The molecule has 3 heteroatoms. The standard InChI is InChI=1S/C14H22O3/c1-3-5-6-7-8-9-10-11-12-13-17-14(15)16-4-2/h5-6,8-9,11-12H,3-4,7,10,13H2,1-2H3/b6-5-,9-8-,12-11-. The number of hydrogen-bond acceptors (Lipinski definition) is 3. The van der Waals surface area contributed by atoms with E-state index in [2.05, 4.69) is 36.0 Å². The highest BCUT2D eigenvalue weighted by Gasteiger charge is 1.97. The van der Waals surface area contributed by atoms with Crippen molar-refractivity contribution in [1.29, 1.82) is 0 Å². The number of carbonyl (C=O) groups excluding carboxylic acids is 1. The van der Waals surface area contributed by atoms with Crippen LogP contribution in [0.4, 0.5) is 4.79 Å². The van der Waals surface area contributed by atoms with Gasteiger partial charge in [-0.2, -0.15) is 0 Å². The molecule has 0 aromatic heterocycles. The van der Waals surface area contributed by atoms with Crippen molar-refractivity contribution >= 4 is 6.16 Å². The predicted octanol–water partition coefficient (Wildman–Crippen LogP) is 4.02. The van der Waals surface area contributed by atoms with Gasteiger partial charge in [0, 0.05) is 0 Å². The van der Waals surface area contributed by atoms with Gasteiger partial charge >= 0.3 is 6.16 Å². The average Bonchev–Trinajstić information content (AvgIpc) is 2.32. The molecule has 3 nitrogen and oxygen atoms in total. The first-order chi connectivity index (χ1) is 8.31. The number of hydrogen-bond donors (Lipinski definition) is 0. The molecular formula is C14H22O3. The minimum atomic E-state index is -0.614. The van der Waals surface area contributed by atoms with Gasteiger partial charge in [-0.15, -0.1) is 0 Å². The van der Waals surface area contributed by atoms with Gasteiger partial charge in [-0.25, -0.2) is 4.79 Å². The first-order valence-corrected chi connectivity index (χ1v) is 6.05. The van der Waals surface area contributed by atoms with Gasteiger partial charge in [-0.1, -0.05) is 43.4 Å². The molecule has 0 atom stereocenters. The van der Waals surface area contributed by atoms with E-state index in [1.165, 1.54) is 0 Å². The second kappa shape index (κ2) is 12.6. The Hall–Kier alpha value is -1.51. The number of allylic oxidation sites excluding steroid dienone is 5. The Labute approximate surface area is 104 Å². The molecule has 0 radical (unpaired) electrons. The van der Waals surface area contributed by atoms with Gasteiger partial charge < -0.3 is 9.47 Å². The van der Waals surface area contributed by atoms with E-state index in [1.54, 1.807) is 6.92 Å². The third kappa shape index (κ3) is 12.4. The van der Waals surface area contributed by atoms with Gasteiger partial charge in [0.15, 0.2) is 0 Å². The molecule has 0 aromatic carbocycles. The van der Waals surface area contributed by atoms with Crippen LogP contribution in [0.1, 0.15) is 33.1 Å². The smallest absolute Gasteiger partial charge is 0.435 e. The second-order valence-corrected chi connectivity index (χ2v) is 3.29. The first kappa shape index (κ1) is 15.5. The van der Waals surface area contributed by atoms with Crippen LogP contribution in [0.25, 0.3) is 0 Å². The predicted molar refractivity (Wildman–Crippen MR) is 69.9 cm³/mol. The molecule has 0 aliphatic carbocycles. The Morgan fingerprint density at radius 1 is 0.882 bits per heavy atom. The lowest BCUT2D eigenvalue weighted by Crippen LogP contribution is -2.06. The highest BCUT2D eigenvalue weighted by atomic mass is 16.7. The highest BCUT2D eigenvalue weighted by Crippen LogP contribution is 1.93. The van der Waals surface area contributed by atoms with E-state index < -0.39 is 6.16 Å². The van der Waals surface area contributed by atoms with Crippen molar-refractivity contribution in [3.63, 3.8) is 0 Å². The number of carbonyl (C=O) groups is 1.